The van der Waals surface area contributed by atoms with Gasteiger partial charge in [0.2, 0.25) is 0 Å². The molecule has 0 saturated heterocycles. The highest BCUT2D eigenvalue weighted by atomic mass is 14.9. The van der Waals surface area contributed by atoms with Crippen LogP contribution >= 0.6 is 0 Å². The molecule has 0 spiro atoms. The van der Waals surface area contributed by atoms with E-state index in [-0.39, 0.29) is 18.3 Å². The van der Waals surface area contributed by atoms with Gasteiger partial charge in [-0.05, 0) is 13.3 Å². The van der Waals surface area contributed by atoms with Gasteiger partial charge in [-0.1, -0.05) is 35.1 Å². The lowest BCUT2D eigenvalue weighted by molar-refractivity contribution is 0.396. The maximum atomic E-state index is 4.64. The molecule has 1 aromatic heterocycles. The Morgan fingerprint density at radius 3 is 2.20 bits per heavy atom. The average Bonchev–Trinajstić information content (AvgIpc) is 2.17. The van der Waals surface area contributed by atoms with Gasteiger partial charge in [0, 0.05) is 17.0 Å². The van der Waals surface area contributed by atoms with Gasteiger partial charge < -0.3 is 0 Å². The van der Waals surface area contributed by atoms with Crippen molar-refractivity contribution in [2.75, 3.05) is 0 Å². The molecule has 0 fully saturated rings. The molecule has 0 atom stereocenters. The highest BCUT2D eigenvalue weighted by molar-refractivity contribution is 5.35. The van der Waals surface area contributed by atoms with E-state index >= 15 is 0 Å². The summed E-state index contributed by atoms with van der Waals surface area (Å²) in [6.07, 6.45) is 3.01. The Hall–Kier alpha value is -0.920. The quantitative estimate of drug-likeness (QED) is 0.650. The SMILES string of the molecule is C.Cc1cnc2c(n1)C(C)(C)CC2(C)C. The monoisotopic (exact) mass is 206 g/mol. The van der Waals surface area contributed by atoms with Crippen LogP contribution in [0.2, 0.25) is 0 Å². The van der Waals surface area contributed by atoms with Crippen LogP contribution in [0.3, 0.4) is 0 Å². The molecule has 0 unspecified atom stereocenters. The lowest BCUT2D eigenvalue weighted by Crippen LogP contribution is -2.18. The Balaban J connectivity index is 0.00000112. The molecule has 0 radical (unpaired) electrons. The zero-order chi connectivity index (χ0) is 10.6. The Kier molecular flexibility index (Phi) is 2.67. The van der Waals surface area contributed by atoms with Crippen molar-refractivity contribution in [1.82, 2.24) is 9.97 Å². The van der Waals surface area contributed by atoms with E-state index in [2.05, 4.69) is 37.7 Å². The molecule has 0 amide bonds. The number of aromatic nitrogens is 2. The first-order valence-electron chi connectivity index (χ1n) is 5.17. The van der Waals surface area contributed by atoms with Gasteiger partial charge >= 0.3 is 0 Å². The predicted octanol–water partition coefficient (Wildman–Crippen LogP) is 3.38. The van der Waals surface area contributed by atoms with Crippen LogP contribution in [0.1, 0.15) is 58.6 Å². The first kappa shape index (κ1) is 12.2. The summed E-state index contributed by atoms with van der Waals surface area (Å²) in [6.45, 7) is 11.0. The summed E-state index contributed by atoms with van der Waals surface area (Å²) < 4.78 is 0. The van der Waals surface area contributed by atoms with Gasteiger partial charge in [-0.15, -0.1) is 0 Å². The van der Waals surface area contributed by atoms with E-state index in [1.54, 1.807) is 0 Å². The molecule has 84 valence electrons. The van der Waals surface area contributed by atoms with Gasteiger partial charge in [0.05, 0.1) is 17.1 Å². The normalized spacial score (nSPS) is 20.6. The third-order valence-electron chi connectivity index (χ3n) is 3.06. The summed E-state index contributed by atoms with van der Waals surface area (Å²) >= 11 is 0. The third-order valence-corrected chi connectivity index (χ3v) is 3.06. The van der Waals surface area contributed by atoms with E-state index in [1.165, 1.54) is 11.4 Å². The number of hydrogen-bond acceptors (Lipinski definition) is 2. The third kappa shape index (κ3) is 1.77. The molecular formula is C13H22N2. The molecule has 0 saturated carbocycles. The molecule has 0 bridgehead atoms. The van der Waals surface area contributed by atoms with Gasteiger partial charge in [-0.25, -0.2) is 0 Å². The molecule has 0 aliphatic heterocycles. The van der Waals surface area contributed by atoms with Crippen LogP contribution in [0.5, 0.6) is 0 Å². The number of rotatable bonds is 0. The van der Waals surface area contributed by atoms with Gasteiger partial charge in [-0.2, -0.15) is 0 Å². The second kappa shape index (κ2) is 3.29. The van der Waals surface area contributed by atoms with Crippen LogP contribution in [0.15, 0.2) is 6.20 Å². The Bertz CT molecular complexity index is 378. The lowest BCUT2D eigenvalue weighted by Gasteiger charge is -2.21. The highest BCUT2D eigenvalue weighted by Gasteiger charge is 2.44. The van der Waals surface area contributed by atoms with E-state index in [9.17, 15) is 0 Å². The van der Waals surface area contributed by atoms with Crippen LogP contribution in [0.4, 0.5) is 0 Å². The van der Waals surface area contributed by atoms with Crippen molar-refractivity contribution in [3.05, 3.63) is 23.3 Å². The van der Waals surface area contributed by atoms with Crippen LogP contribution in [0, 0.1) is 6.92 Å². The van der Waals surface area contributed by atoms with Gasteiger partial charge in [0.25, 0.3) is 0 Å². The standard InChI is InChI=1S/C12H18N2.CH4/c1-8-6-13-9-10(14-8)12(4,5)7-11(9,2)3;/h6H,7H2,1-5H3;1H4. The molecule has 1 aromatic rings. The largest absolute Gasteiger partial charge is 0.257 e. The average molecular weight is 206 g/mol. The second-order valence-electron chi connectivity index (χ2n) is 5.65. The van der Waals surface area contributed by atoms with Crippen molar-refractivity contribution in [1.29, 1.82) is 0 Å². The molecule has 1 heterocycles. The summed E-state index contributed by atoms with van der Waals surface area (Å²) in [7, 11) is 0. The predicted molar refractivity (Wildman–Crippen MR) is 64.2 cm³/mol. The fourth-order valence-corrected chi connectivity index (χ4v) is 2.72. The number of fused-ring (bicyclic) bond motifs is 1. The maximum absolute atomic E-state index is 4.64. The van der Waals surface area contributed by atoms with E-state index in [4.69, 9.17) is 0 Å². The molecule has 2 rings (SSSR count). The molecule has 15 heavy (non-hydrogen) atoms. The Morgan fingerprint density at radius 2 is 1.60 bits per heavy atom. The van der Waals surface area contributed by atoms with Crippen molar-refractivity contribution >= 4 is 0 Å². The van der Waals surface area contributed by atoms with E-state index in [1.807, 2.05) is 13.1 Å². The summed E-state index contributed by atoms with van der Waals surface area (Å²) in [4.78, 5) is 9.18. The minimum Gasteiger partial charge on any atom is -0.257 e. The van der Waals surface area contributed by atoms with Crippen molar-refractivity contribution < 1.29 is 0 Å². The number of nitrogens with zero attached hydrogens (tertiary/aromatic N) is 2. The van der Waals surface area contributed by atoms with E-state index in [0.717, 1.165) is 12.1 Å². The van der Waals surface area contributed by atoms with Gasteiger partial charge in [-0.3, -0.25) is 9.97 Å². The lowest BCUT2D eigenvalue weighted by atomic mass is 9.83. The van der Waals surface area contributed by atoms with Crippen LogP contribution < -0.4 is 0 Å². The molecule has 1 aliphatic carbocycles. The fraction of sp³-hybridized carbons (Fsp3) is 0.692. The van der Waals surface area contributed by atoms with Crippen molar-refractivity contribution in [3.63, 3.8) is 0 Å². The highest BCUT2D eigenvalue weighted by Crippen LogP contribution is 2.47. The van der Waals surface area contributed by atoms with Crippen LogP contribution in [0.25, 0.3) is 0 Å². The fourth-order valence-electron chi connectivity index (χ4n) is 2.72. The van der Waals surface area contributed by atoms with E-state index in [0.29, 0.717) is 0 Å². The topological polar surface area (TPSA) is 25.8 Å². The molecule has 1 aliphatic rings. The molecule has 2 nitrogen and oxygen atoms in total. The maximum Gasteiger partial charge on any atom is 0.0683 e. The minimum atomic E-state index is 0. The van der Waals surface area contributed by atoms with E-state index < -0.39 is 0 Å². The molecule has 2 heteroatoms. The Labute approximate surface area is 93.2 Å². The molecule has 0 N–H and O–H groups in total. The first-order chi connectivity index (χ1) is 6.33. The molecular weight excluding hydrogens is 184 g/mol. The Morgan fingerprint density at radius 1 is 1.07 bits per heavy atom. The zero-order valence-electron chi connectivity index (χ0n) is 9.68. The van der Waals surface area contributed by atoms with Crippen molar-refractivity contribution in [2.24, 2.45) is 0 Å². The van der Waals surface area contributed by atoms with Gasteiger partial charge in [0.15, 0.2) is 0 Å². The van der Waals surface area contributed by atoms with Crippen molar-refractivity contribution in [2.45, 2.75) is 59.3 Å². The number of hydrogen-bond donors (Lipinski definition) is 0. The van der Waals surface area contributed by atoms with Crippen molar-refractivity contribution in [3.8, 4) is 0 Å². The van der Waals surface area contributed by atoms with Crippen LogP contribution in [-0.2, 0) is 10.8 Å². The number of aryl methyl sites for hydroxylation is 1. The molecule has 0 aromatic carbocycles. The minimum absolute atomic E-state index is 0. The summed E-state index contributed by atoms with van der Waals surface area (Å²) in [6, 6.07) is 0. The smallest absolute Gasteiger partial charge is 0.0683 e. The summed E-state index contributed by atoms with van der Waals surface area (Å²) in [5.41, 5.74) is 3.77. The van der Waals surface area contributed by atoms with Crippen LogP contribution in [-0.4, -0.2) is 9.97 Å². The first-order valence-corrected chi connectivity index (χ1v) is 5.17. The zero-order valence-corrected chi connectivity index (χ0v) is 9.68. The second-order valence-corrected chi connectivity index (χ2v) is 5.65. The van der Waals surface area contributed by atoms with Gasteiger partial charge in [0.1, 0.15) is 0 Å². The summed E-state index contributed by atoms with van der Waals surface area (Å²) in [5, 5.41) is 0. The summed E-state index contributed by atoms with van der Waals surface area (Å²) in [5.74, 6) is 0.